The Morgan fingerprint density at radius 3 is 2.16 bits per heavy atom. The van der Waals surface area contributed by atoms with E-state index in [2.05, 4.69) is 144 Å². The molecule has 0 saturated carbocycles. The van der Waals surface area contributed by atoms with Gasteiger partial charge >= 0.3 is 0 Å². The van der Waals surface area contributed by atoms with E-state index in [0.29, 0.717) is 18.2 Å². The van der Waals surface area contributed by atoms with E-state index in [1.54, 1.807) is 0 Å². The molecule has 0 bridgehead atoms. The first-order chi connectivity index (χ1) is 28.7. The number of pyridine rings is 1. The summed E-state index contributed by atoms with van der Waals surface area (Å²) in [5.74, 6) is 1.07. The third-order valence-corrected chi connectivity index (χ3v) is 10.6. The number of furan rings is 1. The topological polar surface area (TPSA) is 75.1 Å². The number of hydrogen-bond donors (Lipinski definition) is 1. The molecule has 10 rings (SSSR count). The first-order valence-corrected chi connectivity index (χ1v) is 19.4. The fourth-order valence-electron chi connectivity index (χ4n) is 7.72. The second-order valence-electron chi connectivity index (χ2n) is 14.4. The highest BCUT2D eigenvalue weighted by molar-refractivity contribution is 6.13. The number of benzene rings is 7. The minimum atomic E-state index is 0.363. The average Bonchev–Trinajstić information content (AvgIpc) is 3.67. The van der Waals surface area contributed by atoms with Crippen molar-refractivity contribution in [3.63, 3.8) is 0 Å². The van der Waals surface area contributed by atoms with Crippen molar-refractivity contribution >= 4 is 63.0 Å². The number of anilines is 1. The fourth-order valence-corrected chi connectivity index (χ4v) is 7.72. The fraction of sp³-hybridized carbons (Fsp3) is 0.0385. The van der Waals surface area contributed by atoms with Crippen LogP contribution in [-0.2, 0) is 6.54 Å². The molecule has 6 nitrogen and oxygen atoms in total. The smallest absolute Gasteiger partial charge is 0.161 e. The van der Waals surface area contributed by atoms with E-state index >= 15 is 0 Å². The molecule has 0 unspecified atom stereocenters. The van der Waals surface area contributed by atoms with Crippen LogP contribution in [0, 0.1) is 0 Å². The van der Waals surface area contributed by atoms with Crippen molar-refractivity contribution in [2.45, 2.75) is 6.54 Å². The van der Waals surface area contributed by atoms with E-state index in [1.165, 1.54) is 0 Å². The number of para-hydroxylation sites is 1. The number of aliphatic imine (C=N–C) groups is 3. The molecule has 3 heterocycles. The maximum Gasteiger partial charge on any atom is 0.161 e. The predicted molar refractivity (Wildman–Crippen MR) is 242 cm³/mol. The maximum absolute atomic E-state index is 6.33. The molecular formula is C52H37N5O. The van der Waals surface area contributed by atoms with Crippen LogP contribution in [-0.4, -0.2) is 29.9 Å². The lowest BCUT2D eigenvalue weighted by molar-refractivity contribution is 0.669. The van der Waals surface area contributed by atoms with E-state index < -0.39 is 0 Å². The normalized spacial score (nSPS) is 12.8. The minimum absolute atomic E-state index is 0.363. The Labute approximate surface area is 336 Å². The number of hydrogen-bond acceptors (Lipinski definition) is 4. The lowest BCUT2D eigenvalue weighted by atomic mass is 9.96. The molecule has 276 valence electrons. The van der Waals surface area contributed by atoms with Gasteiger partial charge in [-0.25, -0.2) is 15.0 Å². The quantitative estimate of drug-likeness (QED) is 0.130. The summed E-state index contributed by atoms with van der Waals surface area (Å²) < 4.78 is 6.33. The molecule has 0 spiro atoms. The Hall–Kier alpha value is -7.70. The Bertz CT molecular complexity index is 3090. The first-order valence-electron chi connectivity index (χ1n) is 19.4. The van der Waals surface area contributed by atoms with E-state index in [1.807, 2.05) is 54.6 Å². The first kappa shape index (κ1) is 34.8. The van der Waals surface area contributed by atoms with Gasteiger partial charge in [0.25, 0.3) is 0 Å². The van der Waals surface area contributed by atoms with Gasteiger partial charge in [0.2, 0.25) is 0 Å². The van der Waals surface area contributed by atoms with E-state index in [4.69, 9.17) is 19.4 Å². The third-order valence-electron chi connectivity index (χ3n) is 10.6. The highest BCUT2D eigenvalue weighted by Crippen LogP contribution is 2.36. The van der Waals surface area contributed by atoms with Crippen LogP contribution >= 0.6 is 0 Å². The standard InChI is InChI=1S/C52H37N5O/c1-53-51(39-13-6-3-7-14-39)57-52(40-22-18-36(19-23-40)35-11-4-2-5-12-35)55-33-34-29-42(41-24-26-45-44-16-8-9-17-47(44)58-48(45)32-41)31-43(30-34)46-27-25-38-21-20-37-15-10-28-54-49(37)50(38)56-46/h2-27,29-32,54H,1,28,33H2/b55-52-,57-51-. The SMILES string of the molecule is C=N/C(=N\C(=N/Cc1cc(-c2ccc3c(c2)oc2ccccc23)cc(-c2ccc3ccc4c(c3n2)NCC=C4)c1)c1ccc(-c2ccccc2)cc1)c1ccccc1. The number of rotatable bonds is 7. The van der Waals surface area contributed by atoms with Crippen molar-refractivity contribution in [3.05, 3.63) is 198 Å². The van der Waals surface area contributed by atoms with Gasteiger partial charge in [-0.2, -0.15) is 0 Å². The Balaban J connectivity index is 1.11. The molecule has 1 N–H and O–H groups in total. The molecule has 6 heteroatoms. The van der Waals surface area contributed by atoms with Gasteiger partial charge in [0.15, 0.2) is 11.7 Å². The van der Waals surface area contributed by atoms with Gasteiger partial charge in [0.1, 0.15) is 11.2 Å². The van der Waals surface area contributed by atoms with E-state index in [-0.39, 0.29) is 0 Å². The van der Waals surface area contributed by atoms with Crippen molar-refractivity contribution in [2.24, 2.45) is 15.0 Å². The monoisotopic (exact) mass is 747 g/mol. The molecule has 0 aliphatic carbocycles. The van der Waals surface area contributed by atoms with Gasteiger partial charge in [0.05, 0.1) is 23.4 Å². The van der Waals surface area contributed by atoms with Crippen LogP contribution in [0.4, 0.5) is 5.69 Å². The molecule has 0 fully saturated rings. The van der Waals surface area contributed by atoms with E-state index in [9.17, 15) is 0 Å². The number of amidine groups is 2. The van der Waals surface area contributed by atoms with Gasteiger partial charge in [-0.3, -0.25) is 4.99 Å². The Morgan fingerprint density at radius 2 is 1.31 bits per heavy atom. The Morgan fingerprint density at radius 1 is 0.603 bits per heavy atom. The van der Waals surface area contributed by atoms with Crippen LogP contribution in [0.25, 0.3) is 72.4 Å². The van der Waals surface area contributed by atoms with Crippen LogP contribution < -0.4 is 5.32 Å². The molecule has 1 aliphatic heterocycles. The minimum Gasteiger partial charge on any atom is -0.456 e. The summed E-state index contributed by atoms with van der Waals surface area (Å²) in [6.07, 6.45) is 4.29. The summed E-state index contributed by atoms with van der Waals surface area (Å²) in [7, 11) is 0. The van der Waals surface area contributed by atoms with Gasteiger partial charge in [-0.15, -0.1) is 0 Å². The third kappa shape index (κ3) is 6.77. The van der Waals surface area contributed by atoms with Crippen LogP contribution in [0.3, 0.4) is 0 Å². The van der Waals surface area contributed by atoms with Crippen LogP contribution in [0.1, 0.15) is 22.3 Å². The van der Waals surface area contributed by atoms with E-state index in [0.717, 1.165) is 101 Å². The maximum atomic E-state index is 6.33. The van der Waals surface area contributed by atoms with Gasteiger partial charge < -0.3 is 9.73 Å². The highest BCUT2D eigenvalue weighted by atomic mass is 16.3. The number of nitrogens with one attached hydrogen (secondary N) is 1. The zero-order valence-corrected chi connectivity index (χ0v) is 31.6. The van der Waals surface area contributed by atoms with Crippen molar-refractivity contribution in [1.82, 2.24) is 4.98 Å². The number of fused-ring (bicyclic) bond motifs is 6. The summed E-state index contributed by atoms with van der Waals surface area (Å²) in [5.41, 5.74) is 13.9. The summed E-state index contributed by atoms with van der Waals surface area (Å²) >= 11 is 0. The van der Waals surface area contributed by atoms with Crippen molar-refractivity contribution in [1.29, 1.82) is 0 Å². The van der Waals surface area contributed by atoms with Crippen molar-refractivity contribution in [3.8, 4) is 33.5 Å². The number of aromatic nitrogens is 1. The Kier molecular flexibility index (Phi) is 9.05. The molecule has 0 amide bonds. The summed E-state index contributed by atoms with van der Waals surface area (Å²) in [6.45, 7) is 5.01. The summed E-state index contributed by atoms with van der Waals surface area (Å²) in [4.78, 5) is 19.9. The van der Waals surface area contributed by atoms with Gasteiger partial charge in [0, 0.05) is 39.4 Å². The number of nitrogens with zero attached hydrogens (tertiary/aromatic N) is 4. The molecule has 0 radical (unpaired) electrons. The van der Waals surface area contributed by atoms with Gasteiger partial charge in [-0.1, -0.05) is 140 Å². The lowest BCUT2D eigenvalue weighted by Gasteiger charge is -2.16. The lowest BCUT2D eigenvalue weighted by Crippen LogP contribution is -2.06. The molecular weight excluding hydrogens is 711 g/mol. The molecule has 58 heavy (non-hydrogen) atoms. The molecule has 2 aromatic heterocycles. The molecule has 9 aromatic rings. The van der Waals surface area contributed by atoms with Crippen molar-refractivity contribution < 1.29 is 4.42 Å². The van der Waals surface area contributed by atoms with Crippen LogP contribution in [0.2, 0.25) is 0 Å². The average molecular weight is 748 g/mol. The zero-order valence-electron chi connectivity index (χ0n) is 31.6. The second-order valence-corrected chi connectivity index (χ2v) is 14.4. The second kappa shape index (κ2) is 15.1. The van der Waals surface area contributed by atoms with Gasteiger partial charge in [-0.05, 0) is 82.6 Å². The highest BCUT2D eigenvalue weighted by Gasteiger charge is 2.15. The van der Waals surface area contributed by atoms with Crippen LogP contribution in [0.5, 0.6) is 0 Å². The predicted octanol–water partition coefficient (Wildman–Crippen LogP) is 12.7. The molecule has 0 atom stereocenters. The summed E-state index contributed by atoms with van der Waals surface area (Å²) in [5, 5.41) is 6.84. The molecule has 1 aliphatic rings. The summed E-state index contributed by atoms with van der Waals surface area (Å²) in [6, 6.07) is 58.4. The molecule has 7 aromatic carbocycles. The van der Waals surface area contributed by atoms with Crippen molar-refractivity contribution in [2.75, 3.05) is 11.9 Å². The van der Waals surface area contributed by atoms with Crippen LogP contribution in [0.15, 0.2) is 195 Å². The largest absolute Gasteiger partial charge is 0.456 e. The zero-order chi connectivity index (χ0) is 38.8. The molecule has 0 saturated heterocycles.